The maximum absolute atomic E-state index is 13.2. The lowest BCUT2D eigenvalue weighted by atomic mass is 10.1. The summed E-state index contributed by atoms with van der Waals surface area (Å²) in [7, 11) is 3.11. The van der Waals surface area contributed by atoms with Crippen molar-refractivity contribution >= 4 is 34.9 Å². The summed E-state index contributed by atoms with van der Waals surface area (Å²) in [5, 5.41) is 11.7. The maximum atomic E-state index is 13.2. The van der Waals surface area contributed by atoms with Gasteiger partial charge >= 0.3 is 0 Å². The van der Waals surface area contributed by atoms with Gasteiger partial charge in [0.25, 0.3) is 0 Å². The van der Waals surface area contributed by atoms with Crippen LogP contribution in [0.2, 0.25) is 0 Å². The highest BCUT2D eigenvalue weighted by Crippen LogP contribution is 2.34. The molecule has 0 radical (unpaired) electrons. The quantitative estimate of drug-likeness (QED) is 0.515. The molecule has 174 valence electrons. The summed E-state index contributed by atoms with van der Waals surface area (Å²) in [6, 6.07) is 10.7. The van der Waals surface area contributed by atoms with Gasteiger partial charge in [0.1, 0.15) is 0 Å². The predicted molar refractivity (Wildman–Crippen MR) is 127 cm³/mol. The van der Waals surface area contributed by atoms with Gasteiger partial charge in [-0.2, -0.15) is 11.8 Å². The normalized spacial score (nSPS) is 16.8. The van der Waals surface area contributed by atoms with Crippen LogP contribution in [0.15, 0.2) is 42.6 Å². The van der Waals surface area contributed by atoms with E-state index in [9.17, 15) is 9.59 Å². The molecule has 2 amide bonds. The first-order valence-electron chi connectivity index (χ1n) is 10.7. The fourth-order valence-electron chi connectivity index (χ4n) is 4.01. The Labute approximate surface area is 196 Å². The van der Waals surface area contributed by atoms with Gasteiger partial charge in [0, 0.05) is 30.9 Å². The van der Waals surface area contributed by atoms with E-state index in [1.165, 1.54) is 0 Å². The molecule has 2 aromatic heterocycles. The van der Waals surface area contributed by atoms with Crippen LogP contribution < -0.4 is 19.7 Å². The van der Waals surface area contributed by atoms with E-state index in [0.29, 0.717) is 36.0 Å². The van der Waals surface area contributed by atoms with Crippen LogP contribution >= 0.6 is 11.8 Å². The van der Waals surface area contributed by atoms with E-state index in [0.717, 1.165) is 11.4 Å². The summed E-state index contributed by atoms with van der Waals surface area (Å²) < 4.78 is 12.5. The third kappa shape index (κ3) is 4.75. The zero-order valence-electron chi connectivity index (χ0n) is 18.9. The van der Waals surface area contributed by atoms with Crippen molar-refractivity contribution in [1.82, 2.24) is 19.9 Å². The number of benzene rings is 1. The number of pyridine rings is 1. The second-order valence-corrected chi connectivity index (χ2v) is 8.76. The lowest BCUT2D eigenvalue weighted by Gasteiger charge is -2.20. The average Bonchev–Trinajstić information content (AvgIpc) is 3.45. The molecule has 2 atom stereocenters. The average molecular weight is 470 g/mol. The van der Waals surface area contributed by atoms with Gasteiger partial charge in [0.05, 0.1) is 26.2 Å². The number of nitrogens with one attached hydrogen (secondary N) is 1. The summed E-state index contributed by atoms with van der Waals surface area (Å²) in [5.41, 5.74) is 1.40. The van der Waals surface area contributed by atoms with Crippen LogP contribution in [0.25, 0.3) is 5.65 Å². The number of anilines is 1. The van der Waals surface area contributed by atoms with Crippen molar-refractivity contribution in [2.24, 2.45) is 5.92 Å². The number of aromatic nitrogens is 3. The van der Waals surface area contributed by atoms with Crippen LogP contribution in [0.1, 0.15) is 24.7 Å². The molecule has 0 bridgehead atoms. The molecule has 4 rings (SSSR count). The van der Waals surface area contributed by atoms with Gasteiger partial charge in [-0.3, -0.25) is 14.0 Å². The summed E-state index contributed by atoms with van der Waals surface area (Å²) in [4.78, 5) is 27.6. The molecule has 1 fully saturated rings. The molecule has 3 heterocycles. The van der Waals surface area contributed by atoms with Crippen molar-refractivity contribution in [2.75, 3.05) is 37.7 Å². The van der Waals surface area contributed by atoms with Crippen LogP contribution in [0, 0.1) is 5.92 Å². The van der Waals surface area contributed by atoms with Crippen molar-refractivity contribution < 1.29 is 19.1 Å². The molecule has 1 aliphatic rings. The summed E-state index contributed by atoms with van der Waals surface area (Å²) in [5.74, 6) is 1.94. The molecule has 0 spiro atoms. The maximum Gasteiger partial charge on any atom is 0.227 e. The summed E-state index contributed by atoms with van der Waals surface area (Å²) in [6.07, 6.45) is 4.77. The number of methoxy groups -OCH3 is 2. The smallest absolute Gasteiger partial charge is 0.227 e. The van der Waals surface area contributed by atoms with Gasteiger partial charge in [0.2, 0.25) is 11.8 Å². The van der Waals surface area contributed by atoms with E-state index >= 15 is 0 Å². The largest absolute Gasteiger partial charge is 0.493 e. The molecule has 0 aliphatic carbocycles. The van der Waals surface area contributed by atoms with Gasteiger partial charge in [0.15, 0.2) is 23.0 Å². The number of hydrogen-bond donors (Lipinski definition) is 1. The van der Waals surface area contributed by atoms with E-state index in [1.54, 1.807) is 49.1 Å². The Morgan fingerprint density at radius 2 is 2.03 bits per heavy atom. The topological polar surface area (TPSA) is 98.1 Å². The van der Waals surface area contributed by atoms with E-state index < -0.39 is 5.92 Å². The summed E-state index contributed by atoms with van der Waals surface area (Å²) >= 11 is 1.70. The second-order valence-electron chi connectivity index (χ2n) is 7.77. The van der Waals surface area contributed by atoms with Gasteiger partial charge < -0.3 is 19.7 Å². The van der Waals surface area contributed by atoms with E-state index in [2.05, 4.69) is 15.5 Å². The molecular formula is C23H27N5O4S. The van der Waals surface area contributed by atoms with Crippen molar-refractivity contribution in [3.05, 3.63) is 48.4 Å². The van der Waals surface area contributed by atoms with Gasteiger partial charge in [-0.05, 0) is 42.7 Å². The molecule has 10 heteroatoms. The zero-order valence-corrected chi connectivity index (χ0v) is 19.7. The number of amides is 2. The lowest BCUT2D eigenvalue weighted by Crippen LogP contribution is -2.36. The molecule has 1 saturated heterocycles. The Kier molecular flexibility index (Phi) is 7.02. The molecule has 1 N–H and O–H groups in total. The Morgan fingerprint density at radius 1 is 1.21 bits per heavy atom. The first kappa shape index (κ1) is 22.9. The first-order valence-corrected chi connectivity index (χ1v) is 12.1. The van der Waals surface area contributed by atoms with Crippen LogP contribution in [-0.4, -0.2) is 59.2 Å². The molecule has 9 nitrogen and oxygen atoms in total. The minimum absolute atomic E-state index is 0.101. The highest BCUT2D eigenvalue weighted by atomic mass is 32.2. The fraction of sp³-hybridized carbons (Fsp3) is 0.391. The molecule has 1 aliphatic heterocycles. The Morgan fingerprint density at radius 3 is 2.79 bits per heavy atom. The number of fused-ring (bicyclic) bond motifs is 1. The molecular weight excluding hydrogens is 442 g/mol. The minimum atomic E-state index is -0.457. The molecule has 0 saturated carbocycles. The fourth-order valence-corrected chi connectivity index (χ4v) is 4.49. The van der Waals surface area contributed by atoms with Crippen molar-refractivity contribution in [2.45, 2.75) is 18.9 Å². The number of ether oxygens (including phenoxy) is 2. The van der Waals surface area contributed by atoms with Crippen LogP contribution in [0.3, 0.4) is 0 Å². The first-order chi connectivity index (χ1) is 16.0. The van der Waals surface area contributed by atoms with E-state index in [1.807, 2.05) is 35.1 Å². The Balaban J connectivity index is 1.50. The number of carbonyl (C=O) groups excluding carboxylic acids is 2. The number of rotatable bonds is 9. The van der Waals surface area contributed by atoms with E-state index in [4.69, 9.17) is 9.47 Å². The summed E-state index contributed by atoms with van der Waals surface area (Å²) in [6.45, 7) is 0.302. The molecule has 1 aromatic carbocycles. The number of carbonyl (C=O) groups is 2. The van der Waals surface area contributed by atoms with E-state index in [-0.39, 0.29) is 24.3 Å². The monoisotopic (exact) mass is 469 g/mol. The standard InChI is InChI=1S/C23H27N5O4S/c1-31-18-8-7-16(13-19(18)32-2)28-14-15(12-21(28)29)23(30)24-17(9-11-33-3)22-26-25-20-6-4-5-10-27(20)22/h4-8,10,13,15,17H,9,11-12,14H2,1-3H3,(H,24,30). The predicted octanol–water partition coefficient (Wildman–Crippen LogP) is 2.71. The molecule has 33 heavy (non-hydrogen) atoms. The van der Waals surface area contributed by atoms with Crippen LogP contribution in [-0.2, 0) is 9.59 Å². The minimum Gasteiger partial charge on any atom is -0.493 e. The molecule has 2 unspecified atom stereocenters. The third-order valence-corrected chi connectivity index (χ3v) is 6.40. The van der Waals surface area contributed by atoms with Crippen LogP contribution in [0.4, 0.5) is 5.69 Å². The SMILES string of the molecule is COc1ccc(N2CC(C(=O)NC(CCSC)c3nnc4ccccn34)CC2=O)cc1OC. The number of hydrogen-bond acceptors (Lipinski definition) is 7. The third-order valence-electron chi connectivity index (χ3n) is 5.75. The van der Waals surface area contributed by atoms with Crippen LogP contribution in [0.5, 0.6) is 11.5 Å². The van der Waals surface area contributed by atoms with Crippen molar-refractivity contribution in [3.8, 4) is 11.5 Å². The van der Waals surface area contributed by atoms with Gasteiger partial charge in [-0.15, -0.1) is 10.2 Å². The van der Waals surface area contributed by atoms with Crippen molar-refractivity contribution in [3.63, 3.8) is 0 Å². The lowest BCUT2D eigenvalue weighted by molar-refractivity contribution is -0.127. The number of thioether (sulfide) groups is 1. The number of nitrogens with zero attached hydrogens (tertiary/aromatic N) is 4. The Bertz CT molecular complexity index is 1150. The molecule has 3 aromatic rings. The van der Waals surface area contributed by atoms with Crippen molar-refractivity contribution in [1.29, 1.82) is 0 Å². The second kappa shape index (κ2) is 10.1. The highest BCUT2D eigenvalue weighted by molar-refractivity contribution is 7.98. The van der Waals surface area contributed by atoms with Gasteiger partial charge in [-0.25, -0.2) is 0 Å². The highest BCUT2D eigenvalue weighted by Gasteiger charge is 2.36. The Hall–Kier alpha value is -3.27. The zero-order chi connectivity index (χ0) is 23.4. The van der Waals surface area contributed by atoms with Gasteiger partial charge in [-0.1, -0.05) is 6.07 Å².